The first kappa shape index (κ1) is 13.3. The topological polar surface area (TPSA) is 15.3 Å². The molecule has 18 heavy (non-hydrogen) atoms. The number of rotatable bonds is 1. The van der Waals surface area contributed by atoms with Crippen molar-refractivity contribution >= 4 is 5.69 Å². The average Bonchev–Trinajstić information content (AvgIpc) is 2.30. The molecule has 1 atom stereocenters. The van der Waals surface area contributed by atoms with E-state index >= 15 is 0 Å². The van der Waals surface area contributed by atoms with Gasteiger partial charge in [0.15, 0.2) is 5.82 Å². The molecule has 1 N–H and O–H groups in total. The van der Waals surface area contributed by atoms with Gasteiger partial charge < -0.3 is 10.2 Å². The number of aryl methyl sites for hydroxylation is 1. The number of halogens is 2. The van der Waals surface area contributed by atoms with Crippen molar-refractivity contribution in [1.82, 2.24) is 5.32 Å². The number of benzene rings is 1. The highest BCUT2D eigenvalue weighted by atomic mass is 19.1. The Balaban J connectivity index is 2.30. The molecule has 2 nitrogen and oxygen atoms in total. The maximum absolute atomic E-state index is 14.1. The molecule has 1 unspecified atom stereocenters. The van der Waals surface area contributed by atoms with Crippen LogP contribution in [0, 0.1) is 24.5 Å². The Morgan fingerprint density at radius 2 is 2.11 bits per heavy atom. The van der Waals surface area contributed by atoms with Crippen LogP contribution in [-0.4, -0.2) is 26.2 Å². The Bertz CT molecular complexity index is 421. The predicted octanol–water partition coefficient (Wildman–Crippen LogP) is 2.71. The molecule has 1 aliphatic rings. The summed E-state index contributed by atoms with van der Waals surface area (Å²) in [7, 11) is 0. The van der Waals surface area contributed by atoms with E-state index in [1.54, 1.807) is 6.92 Å². The van der Waals surface area contributed by atoms with Gasteiger partial charge in [-0.3, -0.25) is 0 Å². The Labute approximate surface area is 107 Å². The Hall–Kier alpha value is -1.16. The lowest BCUT2D eigenvalue weighted by atomic mass is 10.1. The fourth-order valence-electron chi connectivity index (χ4n) is 2.41. The molecule has 0 aromatic heterocycles. The minimum absolute atomic E-state index is 0.142. The van der Waals surface area contributed by atoms with Crippen molar-refractivity contribution in [2.24, 2.45) is 5.92 Å². The van der Waals surface area contributed by atoms with Crippen molar-refractivity contribution in [3.05, 3.63) is 29.3 Å². The highest BCUT2D eigenvalue weighted by molar-refractivity contribution is 5.51. The summed E-state index contributed by atoms with van der Waals surface area (Å²) in [5.74, 6) is -0.501. The average molecular weight is 254 g/mol. The van der Waals surface area contributed by atoms with E-state index in [9.17, 15) is 8.78 Å². The zero-order chi connectivity index (χ0) is 13.1. The SMILES string of the molecule is Cc1ccc(F)c(N2CCCNCC(C)C2)c1F. The lowest BCUT2D eigenvalue weighted by molar-refractivity contribution is 0.457. The molecular weight excluding hydrogens is 234 g/mol. The first-order valence-corrected chi connectivity index (χ1v) is 6.50. The van der Waals surface area contributed by atoms with Crippen LogP contribution in [-0.2, 0) is 0 Å². The van der Waals surface area contributed by atoms with E-state index in [1.807, 2.05) is 4.90 Å². The van der Waals surface area contributed by atoms with Crippen LogP contribution in [0.1, 0.15) is 18.9 Å². The van der Waals surface area contributed by atoms with Gasteiger partial charge in [0.1, 0.15) is 11.5 Å². The molecular formula is C14H20F2N2. The molecule has 1 heterocycles. The monoisotopic (exact) mass is 254 g/mol. The van der Waals surface area contributed by atoms with Crippen LogP contribution < -0.4 is 10.2 Å². The van der Waals surface area contributed by atoms with Crippen molar-refractivity contribution in [2.45, 2.75) is 20.3 Å². The normalized spacial score (nSPS) is 21.6. The zero-order valence-corrected chi connectivity index (χ0v) is 11.0. The van der Waals surface area contributed by atoms with Gasteiger partial charge in [-0.25, -0.2) is 8.78 Å². The standard InChI is InChI=1S/C14H20F2N2/c1-10-8-17-6-3-7-18(9-10)14-12(15)5-4-11(2)13(14)16/h4-5,10,17H,3,6-9H2,1-2H3. The third-order valence-electron chi connectivity index (χ3n) is 3.38. The van der Waals surface area contributed by atoms with E-state index in [1.165, 1.54) is 12.1 Å². The van der Waals surface area contributed by atoms with Crippen LogP contribution in [0.15, 0.2) is 12.1 Å². The van der Waals surface area contributed by atoms with Gasteiger partial charge in [-0.2, -0.15) is 0 Å². The molecule has 0 amide bonds. The van der Waals surface area contributed by atoms with Gasteiger partial charge in [-0.15, -0.1) is 0 Å². The molecule has 2 rings (SSSR count). The minimum Gasteiger partial charge on any atom is -0.366 e. The number of hydrogen-bond acceptors (Lipinski definition) is 2. The minimum atomic E-state index is -0.459. The highest BCUT2D eigenvalue weighted by Gasteiger charge is 2.21. The van der Waals surface area contributed by atoms with Crippen molar-refractivity contribution in [2.75, 3.05) is 31.1 Å². The van der Waals surface area contributed by atoms with Gasteiger partial charge in [-0.1, -0.05) is 13.0 Å². The van der Waals surface area contributed by atoms with Gasteiger partial charge in [0.2, 0.25) is 0 Å². The Kier molecular flexibility index (Phi) is 4.17. The van der Waals surface area contributed by atoms with Crippen LogP contribution in [0.2, 0.25) is 0 Å². The van der Waals surface area contributed by atoms with Gasteiger partial charge >= 0.3 is 0 Å². The number of nitrogens with zero attached hydrogens (tertiary/aromatic N) is 1. The number of nitrogens with one attached hydrogen (secondary N) is 1. The molecule has 1 aromatic rings. The van der Waals surface area contributed by atoms with E-state index in [2.05, 4.69) is 12.2 Å². The summed E-state index contributed by atoms with van der Waals surface area (Å²) in [4.78, 5) is 1.85. The second-order valence-corrected chi connectivity index (χ2v) is 5.14. The zero-order valence-electron chi connectivity index (χ0n) is 11.0. The molecule has 0 radical (unpaired) electrons. The summed E-state index contributed by atoms with van der Waals surface area (Å²) in [6, 6.07) is 2.85. The fourth-order valence-corrected chi connectivity index (χ4v) is 2.41. The van der Waals surface area contributed by atoms with Crippen LogP contribution in [0.5, 0.6) is 0 Å². The summed E-state index contributed by atoms with van der Waals surface area (Å²) in [6.07, 6.45) is 0.902. The second kappa shape index (κ2) is 5.65. The van der Waals surface area contributed by atoms with Crippen LogP contribution in [0.3, 0.4) is 0 Å². The molecule has 0 aliphatic carbocycles. The molecule has 4 heteroatoms. The summed E-state index contributed by atoms with van der Waals surface area (Å²) in [5.41, 5.74) is 0.642. The van der Waals surface area contributed by atoms with Crippen LogP contribution in [0.25, 0.3) is 0 Å². The lowest BCUT2D eigenvalue weighted by Gasteiger charge is -2.31. The van der Waals surface area contributed by atoms with E-state index in [0.29, 0.717) is 24.6 Å². The first-order chi connectivity index (χ1) is 8.59. The van der Waals surface area contributed by atoms with Crippen molar-refractivity contribution in [3.63, 3.8) is 0 Å². The molecule has 0 saturated carbocycles. The van der Waals surface area contributed by atoms with Gasteiger partial charge in [0, 0.05) is 13.1 Å². The maximum Gasteiger partial charge on any atom is 0.152 e. The lowest BCUT2D eigenvalue weighted by Crippen LogP contribution is -2.39. The molecule has 0 bridgehead atoms. The molecule has 1 aliphatic heterocycles. The molecule has 1 saturated heterocycles. The van der Waals surface area contributed by atoms with E-state index in [0.717, 1.165) is 19.5 Å². The van der Waals surface area contributed by atoms with Crippen LogP contribution in [0.4, 0.5) is 14.5 Å². The maximum atomic E-state index is 14.1. The number of hydrogen-bond donors (Lipinski definition) is 1. The largest absolute Gasteiger partial charge is 0.366 e. The smallest absolute Gasteiger partial charge is 0.152 e. The van der Waals surface area contributed by atoms with Crippen molar-refractivity contribution in [3.8, 4) is 0 Å². The molecule has 100 valence electrons. The van der Waals surface area contributed by atoms with Crippen molar-refractivity contribution < 1.29 is 8.78 Å². The van der Waals surface area contributed by atoms with Crippen LogP contribution >= 0.6 is 0 Å². The van der Waals surface area contributed by atoms with E-state index in [-0.39, 0.29) is 5.69 Å². The Morgan fingerprint density at radius 3 is 2.89 bits per heavy atom. The molecule has 1 fully saturated rings. The van der Waals surface area contributed by atoms with Gasteiger partial charge in [0.25, 0.3) is 0 Å². The molecule has 1 aromatic carbocycles. The number of anilines is 1. The fraction of sp³-hybridized carbons (Fsp3) is 0.571. The first-order valence-electron chi connectivity index (χ1n) is 6.50. The third-order valence-corrected chi connectivity index (χ3v) is 3.38. The quantitative estimate of drug-likeness (QED) is 0.829. The highest BCUT2D eigenvalue weighted by Crippen LogP contribution is 2.27. The Morgan fingerprint density at radius 1 is 1.33 bits per heavy atom. The second-order valence-electron chi connectivity index (χ2n) is 5.14. The summed E-state index contributed by atoms with van der Waals surface area (Å²) in [5, 5.41) is 3.34. The predicted molar refractivity (Wildman–Crippen MR) is 70.0 cm³/mol. The third kappa shape index (κ3) is 2.80. The van der Waals surface area contributed by atoms with E-state index in [4.69, 9.17) is 0 Å². The van der Waals surface area contributed by atoms with Gasteiger partial charge in [-0.05, 0) is 44.0 Å². The summed E-state index contributed by atoms with van der Waals surface area (Å²) >= 11 is 0. The van der Waals surface area contributed by atoms with Gasteiger partial charge in [0.05, 0.1) is 0 Å². The summed E-state index contributed by atoms with van der Waals surface area (Å²) < 4.78 is 28.0. The van der Waals surface area contributed by atoms with Crippen molar-refractivity contribution in [1.29, 1.82) is 0 Å². The summed E-state index contributed by atoms with van der Waals surface area (Å²) in [6.45, 7) is 6.94. The molecule has 0 spiro atoms. The van der Waals surface area contributed by atoms with E-state index < -0.39 is 11.6 Å².